The Morgan fingerprint density at radius 2 is 2.09 bits per heavy atom. The van der Waals surface area contributed by atoms with Crippen molar-refractivity contribution in [1.29, 1.82) is 0 Å². The number of carbonyl (C=O) groups is 1. The Labute approximate surface area is 141 Å². The summed E-state index contributed by atoms with van der Waals surface area (Å²) >= 11 is 5.89. The van der Waals surface area contributed by atoms with Crippen LogP contribution in [0.5, 0.6) is 0 Å². The Hall–Kier alpha value is -1.15. The fraction of sp³-hybridized carbons (Fsp3) is 0.533. The molecule has 2 N–H and O–H groups in total. The Balaban J connectivity index is 2.47. The van der Waals surface area contributed by atoms with Gasteiger partial charge < -0.3 is 10.5 Å². The van der Waals surface area contributed by atoms with E-state index in [4.69, 9.17) is 17.3 Å². The molecule has 1 unspecified atom stereocenters. The molecule has 1 aliphatic heterocycles. The van der Waals surface area contributed by atoms with Gasteiger partial charge in [-0.3, -0.25) is 0 Å². The summed E-state index contributed by atoms with van der Waals surface area (Å²) < 4.78 is 32.0. The van der Waals surface area contributed by atoms with E-state index in [1.54, 1.807) is 0 Å². The fourth-order valence-corrected chi connectivity index (χ4v) is 4.62. The quantitative estimate of drug-likeness (QED) is 0.831. The highest BCUT2D eigenvalue weighted by atomic mass is 35.5. The number of methoxy groups -OCH3 is 1. The molecule has 1 saturated heterocycles. The molecule has 8 heteroatoms. The minimum absolute atomic E-state index is 0.0623. The summed E-state index contributed by atoms with van der Waals surface area (Å²) in [5, 5.41) is 0.269. The van der Waals surface area contributed by atoms with E-state index in [1.165, 1.54) is 29.6 Å². The molecule has 0 amide bonds. The number of hydrogen-bond acceptors (Lipinski definition) is 5. The van der Waals surface area contributed by atoms with E-state index in [1.807, 2.05) is 13.8 Å². The topological polar surface area (TPSA) is 89.7 Å². The third-order valence-electron chi connectivity index (χ3n) is 4.24. The van der Waals surface area contributed by atoms with Crippen LogP contribution in [0.15, 0.2) is 23.1 Å². The number of benzene rings is 1. The van der Waals surface area contributed by atoms with Gasteiger partial charge in [0.15, 0.2) is 0 Å². The number of piperidine rings is 1. The van der Waals surface area contributed by atoms with E-state index < -0.39 is 16.0 Å². The second-order valence-electron chi connectivity index (χ2n) is 6.35. The molecule has 1 atom stereocenters. The van der Waals surface area contributed by atoms with Crippen LogP contribution in [0.1, 0.15) is 30.6 Å². The van der Waals surface area contributed by atoms with Gasteiger partial charge >= 0.3 is 5.97 Å². The standard InChI is InChI=1S/C15H21ClN2O4S/c1-15(2)9-18(7-6-13(15)17)23(20,21)12-5-4-10(16)8-11(12)14(19)22-3/h4-5,8,13H,6-7,9,17H2,1-3H3. The van der Waals surface area contributed by atoms with Crippen molar-refractivity contribution in [2.24, 2.45) is 11.1 Å². The summed E-state index contributed by atoms with van der Waals surface area (Å²) in [6.07, 6.45) is 0.563. The molecule has 0 aliphatic carbocycles. The van der Waals surface area contributed by atoms with Gasteiger partial charge in [-0.2, -0.15) is 4.31 Å². The van der Waals surface area contributed by atoms with Crippen LogP contribution in [0.3, 0.4) is 0 Å². The van der Waals surface area contributed by atoms with Crippen LogP contribution in [-0.2, 0) is 14.8 Å². The summed E-state index contributed by atoms with van der Waals surface area (Å²) in [5.74, 6) is -0.737. The zero-order valence-electron chi connectivity index (χ0n) is 13.4. The molecule has 6 nitrogen and oxygen atoms in total. The van der Waals surface area contributed by atoms with Crippen LogP contribution in [0.4, 0.5) is 0 Å². The van der Waals surface area contributed by atoms with Gasteiger partial charge in [0.05, 0.1) is 17.6 Å². The average Bonchev–Trinajstić information content (AvgIpc) is 2.48. The molecule has 0 radical (unpaired) electrons. The summed E-state index contributed by atoms with van der Waals surface area (Å²) in [4.78, 5) is 11.8. The number of carbonyl (C=O) groups excluding carboxylic acids is 1. The maximum absolute atomic E-state index is 13.0. The van der Waals surface area contributed by atoms with Crippen molar-refractivity contribution in [3.63, 3.8) is 0 Å². The summed E-state index contributed by atoms with van der Waals surface area (Å²) in [5.41, 5.74) is 5.66. The molecular weight excluding hydrogens is 340 g/mol. The van der Waals surface area contributed by atoms with Crippen molar-refractivity contribution >= 4 is 27.6 Å². The fourth-order valence-electron chi connectivity index (χ4n) is 2.67. The molecule has 1 aromatic rings. The Bertz CT molecular complexity index is 718. The van der Waals surface area contributed by atoms with E-state index in [0.717, 1.165) is 0 Å². The molecule has 1 aliphatic rings. The van der Waals surface area contributed by atoms with Crippen molar-refractivity contribution in [3.8, 4) is 0 Å². The predicted molar refractivity (Wildman–Crippen MR) is 87.9 cm³/mol. The molecule has 23 heavy (non-hydrogen) atoms. The number of rotatable bonds is 3. The Morgan fingerprint density at radius 3 is 2.65 bits per heavy atom. The number of sulfonamides is 1. The van der Waals surface area contributed by atoms with E-state index in [-0.39, 0.29) is 26.9 Å². The van der Waals surface area contributed by atoms with Crippen LogP contribution in [-0.4, -0.2) is 44.9 Å². The maximum Gasteiger partial charge on any atom is 0.339 e. The van der Waals surface area contributed by atoms with Gasteiger partial charge in [-0.1, -0.05) is 25.4 Å². The Morgan fingerprint density at radius 1 is 1.43 bits per heavy atom. The average molecular weight is 361 g/mol. The first kappa shape index (κ1) is 18.2. The largest absolute Gasteiger partial charge is 0.465 e. The van der Waals surface area contributed by atoms with Crippen molar-refractivity contribution < 1.29 is 17.9 Å². The zero-order chi connectivity index (χ0) is 17.4. The van der Waals surface area contributed by atoms with Crippen LogP contribution in [0.25, 0.3) is 0 Å². The highest BCUT2D eigenvalue weighted by Gasteiger charge is 2.40. The SMILES string of the molecule is COC(=O)c1cc(Cl)ccc1S(=O)(=O)N1CCC(N)C(C)(C)C1. The van der Waals surface area contributed by atoms with Crippen molar-refractivity contribution in [2.45, 2.75) is 31.2 Å². The van der Waals surface area contributed by atoms with Gasteiger partial charge in [0.1, 0.15) is 0 Å². The monoisotopic (exact) mass is 360 g/mol. The number of halogens is 1. The van der Waals surface area contributed by atoms with Gasteiger partial charge in [0, 0.05) is 24.2 Å². The molecule has 0 bridgehead atoms. The Kier molecular flexibility index (Phi) is 5.06. The smallest absolute Gasteiger partial charge is 0.339 e. The van der Waals surface area contributed by atoms with E-state index in [9.17, 15) is 13.2 Å². The highest BCUT2D eigenvalue weighted by Crippen LogP contribution is 2.32. The minimum Gasteiger partial charge on any atom is -0.465 e. The van der Waals surface area contributed by atoms with E-state index in [2.05, 4.69) is 4.74 Å². The molecule has 0 spiro atoms. The lowest BCUT2D eigenvalue weighted by Gasteiger charge is -2.41. The van der Waals surface area contributed by atoms with Crippen LogP contribution < -0.4 is 5.73 Å². The highest BCUT2D eigenvalue weighted by molar-refractivity contribution is 7.89. The molecule has 1 heterocycles. The molecule has 2 rings (SSSR count). The number of ether oxygens (including phenoxy) is 1. The lowest BCUT2D eigenvalue weighted by molar-refractivity contribution is 0.0596. The first-order valence-corrected chi connectivity index (χ1v) is 9.05. The van der Waals surface area contributed by atoms with E-state index in [0.29, 0.717) is 19.5 Å². The number of nitrogens with zero attached hydrogens (tertiary/aromatic N) is 1. The molecular formula is C15H21ClN2O4S. The third kappa shape index (κ3) is 3.52. The number of hydrogen-bond donors (Lipinski definition) is 1. The van der Waals surface area contributed by atoms with Gasteiger partial charge in [-0.05, 0) is 30.0 Å². The van der Waals surface area contributed by atoms with Crippen LogP contribution in [0.2, 0.25) is 5.02 Å². The predicted octanol–water partition coefficient (Wildman–Crippen LogP) is 1.87. The first-order valence-electron chi connectivity index (χ1n) is 7.23. The maximum atomic E-state index is 13.0. The second kappa shape index (κ2) is 6.39. The van der Waals surface area contributed by atoms with Crippen molar-refractivity contribution in [1.82, 2.24) is 4.31 Å². The van der Waals surface area contributed by atoms with Crippen molar-refractivity contribution in [3.05, 3.63) is 28.8 Å². The van der Waals surface area contributed by atoms with Gasteiger partial charge in [-0.25, -0.2) is 13.2 Å². The number of esters is 1. The van der Waals surface area contributed by atoms with Gasteiger partial charge in [0.25, 0.3) is 0 Å². The molecule has 1 aromatic carbocycles. The zero-order valence-corrected chi connectivity index (χ0v) is 14.9. The minimum atomic E-state index is -3.84. The van der Waals surface area contributed by atoms with Crippen molar-refractivity contribution in [2.75, 3.05) is 20.2 Å². The van der Waals surface area contributed by atoms with Crippen LogP contribution >= 0.6 is 11.6 Å². The number of nitrogens with two attached hydrogens (primary N) is 1. The molecule has 0 saturated carbocycles. The molecule has 0 aromatic heterocycles. The molecule has 1 fully saturated rings. The first-order chi connectivity index (χ1) is 10.6. The van der Waals surface area contributed by atoms with Crippen LogP contribution in [0, 0.1) is 5.41 Å². The molecule has 128 valence electrons. The normalized spacial score (nSPS) is 21.9. The third-order valence-corrected chi connectivity index (χ3v) is 6.38. The van der Waals surface area contributed by atoms with Gasteiger partial charge in [0.2, 0.25) is 10.0 Å². The summed E-state index contributed by atoms with van der Waals surface area (Å²) in [6, 6.07) is 4.02. The van der Waals surface area contributed by atoms with E-state index >= 15 is 0 Å². The summed E-state index contributed by atoms with van der Waals surface area (Å²) in [7, 11) is -2.64. The lowest BCUT2D eigenvalue weighted by Crippen LogP contribution is -2.54. The second-order valence-corrected chi connectivity index (χ2v) is 8.70. The summed E-state index contributed by atoms with van der Waals surface area (Å²) in [6.45, 7) is 4.47. The van der Waals surface area contributed by atoms with Gasteiger partial charge in [-0.15, -0.1) is 0 Å². The lowest BCUT2D eigenvalue weighted by atomic mass is 9.81.